The molecular weight excluding hydrogens is 276 g/mol. The zero-order valence-electron chi connectivity index (χ0n) is 14.5. The van der Waals surface area contributed by atoms with Crippen LogP contribution in [0, 0.1) is 17.8 Å². The number of Topliss-reactive ketones (excluding diaryl/α,β-unsaturated/α-hetero) is 1. The Hall–Kier alpha value is -0.853. The topological polar surface area (TPSA) is 26.3 Å². The van der Waals surface area contributed by atoms with Gasteiger partial charge in [-0.3, -0.25) is 4.79 Å². The minimum Gasteiger partial charge on any atom is -0.412 e. The Kier molecular flexibility index (Phi) is 6.01. The molecule has 0 aromatic heterocycles. The summed E-state index contributed by atoms with van der Waals surface area (Å²) < 4.78 is 6.43. The lowest BCUT2D eigenvalue weighted by atomic mass is 10.0. The first-order valence-electron chi connectivity index (χ1n) is 7.98. The molecule has 0 aromatic carbocycles. The Morgan fingerprint density at radius 1 is 1.38 bits per heavy atom. The van der Waals surface area contributed by atoms with Gasteiger partial charge in [-0.2, -0.15) is 0 Å². The van der Waals surface area contributed by atoms with Gasteiger partial charge in [-0.05, 0) is 24.6 Å². The zero-order valence-corrected chi connectivity index (χ0v) is 15.5. The molecule has 1 fully saturated rings. The van der Waals surface area contributed by atoms with Crippen molar-refractivity contribution in [3.63, 3.8) is 0 Å². The van der Waals surface area contributed by atoms with Crippen molar-refractivity contribution in [2.75, 3.05) is 0 Å². The second-order valence-corrected chi connectivity index (χ2v) is 12.2. The van der Waals surface area contributed by atoms with Gasteiger partial charge in [-0.25, -0.2) is 0 Å². The summed E-state index contributed by atoms with van der Waals surface area (Å²) in [5.41, 5.74) is 0.641. The zero-order chi connectivity index (χ0) is 16.3. The van der Waals surface area contributed by atoms with Crippen molar-refractivity contribution in [2.45, 2.75) is 77.6 Å². The normalized spacial score (nSPS) is 23.1. The third-order valence-electron chi connectivity index (χ3n) is 4.66. The maximum Gasteiger partial charge on any atom is 0.192 e. The van der Waals surface area contributed by atoms with E-state index in [9.17, 15) is 4.79 Å². The highest BCUT2D eigenvalue weighted by Gasteiger charge is 2.44. The monoisotopic (exact) mass is 306 g/mol. The Morgan fingerprint density at radius 3 is 2.52 bits per heavy atom. The number of ketones is 1. The highest BCUT2D eigenvalue weighted by Crippen LogP contribution is 2.41. The molecule has 0 bridgehead atoms. The lowest BCUT2D eigenvalue weighted by molar-refractivity contribution is -0.115. The fourth-order valence-electron chi connectivity index (χ4n) is 2.12. The summed E-state index contributed by atoms with van der Waals surface area (Å²) in [7, 11) is -1.89. The van der Waals surface area contributed by atoms with E-state index in [1.54, 1.807) is 0 Å². The van der Waals surface area contributed by atoms with Crippen LogP contribution in [0.2, 0.25) is 18.1 Å². The molecular formula is C18H30O2Si. The van der Waals surface area contributed by atoms with Crippen molar-refractivity contribution in [2.24, 2.45) is 5.92 Å². The summed E-state index contributed by atoms with van der Waals surface area (Å²) in [5, 5.41) is 0.139. The van der Waals surface area contributed by atoms with Crippen LogP contribution in [-0.2, 0) is 9.22 Å². The van der Waals surface area contributed by atoms with Crippen molar-refractivity contribution in [3.8, 4) is 11.8 Å². The standard InChI is InChI=1S/C18H30O2Si/c1-8-9-10-11-12-15-14(2)16(19)13-17(15)20-21(6,7)18(3,4)5/h15,17H,2,8-10,13H2,1,3-7H3/t15-,17-/m1/s1. The predicted octanol–water partition coefficient (Wildman–Crippen LogP) is 4.72. The quantitative estimate of drug-likeness (QED) is 0.325. The van der Waals surface area contributed by atoms with Crippen LogP contribution < -0.4 is 0 Å². The molecule has 0 spiro atoms. The molecule has 2 nitrogen and oxygen atoms in total. The summed E-state index contributed by atoms with van der Waals surface area (Å²) >= 11 is 0. The van der Waals surface area contributed by atoms with E-state index in [0.29, 0.717) is 12.0 Å². The summed E-state index contributed by atoms with van der Waals surface area (Å²) in [6, 6.07) is 0. The number of unbranched alkanes of at least 4 members (excludes halogenated alkanes) is 2. The first-order chi connectivity index (χ1) is 9.60. The molecule has 0 unspecified atom stereocenters. The highest BCUT2D eigenvalue weighted by atomic mass is 28.4. The minimum atomic E-state index is -1.89. The van der Waals surface area contributed by atoms with E-state index in [1.807, 2.05) is 0 Å². The molecule has 0 amide bonds. The van der Waals surface area contributed by atoms with E-state index in [2.05, 4.69) is 59.2 Å². The predicted molar refractivity (Wildman–Crippen MR) is 91.6 cm³/mol. The Balaban J connectivity index is 2.86. The first-order valence-corrected chi connectivity index (χ1v) is 10.9. The SMILES string of the molecule is C=C1C(=O)C[C@@H](O[Si](C)(C)C(C)(C)C)[C@@H]1C#CCCCC. The van der Waals surface area contributed by atoms with Gasteiger partial charge in [0.25, 0.3) is 0 Å². The minimum absolute atomic E-state index is 0.0972. The van der Waals surface area contributed by atoms with Crippen molar-refractivity contribution in [1.82, 2.24) is 0 Å². The Bertz CT molecular complexity index is 460. The van der Waals surface area contributed by atoms with E-state index in [1.165, 1.54) is 0 Å². The first kappa shape index (κ1) is 18.2. The van der Waals surface area contributed by atoms with Crippen LogP contribution in [0.3, 0.4) is 0 Å². The fraction of sp³-hybridized carbons (Fsp3) is 0.722. The smallest absolute Gasteiger partial charge is 0.192 e. The van der Waals surface area contributed by atoms with Crippen LogP contribution in [0.4, 0.5) is 0 Å². The molecule has 0 aliphatic heterocycles. The number of hydrogen-bond acceptors (Lipinski definition) is 2. The van der Waals surface area contributed by atoms with Crippen LogP contribution in [0.1, 0.15) is 53.4 Å². The molecule has 0 aromatic rings. The Morgan fingerprint density at radius 2 is 2.00 bits per heavy atom. The van der Waals surface area contributed by atoms with E-state index in [-0.39, 0.29) is 22.8 Å². The third-order valence-corrected chi connectivity index (χ3v) is 9.16. The second-order valence-electron chi connectivity index (χ2n) is 7.47. The summed E-state index contributed by atoms with van der Waals surface area (Å²) in [4.78, 5) is 12.0. The van der Waals surface area contributed by atoms with Crippen LogP contribution in [0.15, 0.2) is 12.2 Å². The molecule has 1 aliphatic carbocycles. The van der Waals surface area contributed by atoms with Gasteiger partial charge in [0.15, 0.2) is 14.1 Å². The average Bonchev–Trinajstić information content (AvgIpc) is 2.59. The fourth-order valence-corrected chi connectivity index (χ4v) is 3.45. The average molecular weight is 307 g/mol. The maximum absolute atomic E-state index is 12.0. The van der Waals surface area contributed by atoms with Gasteiger partial charge in [0, 0.05) is 18.4 Å². The van der Waals surface area contributed by atoms with Gasteiger partial charge in [-0.15, -0.1) is 5.92 Å². The van der Waals surface area contributed by atoms with Crippen molar-refractivity contribution < 1.29 is 9.22 Å². The highest BCUT2D eigenvalue weighted by molar-refractivity contribution is 6.74. The number of carbonyl (C=O) groups is 1. The molecule has 21 heavy (non-hydrogen) atoms. The number of carbonyl (C=O) groups excluding carboxylic acids is 1. The molecule has 0 heterocycles. The van der Waals surface area contributed by atoms with Crippen molar-refractivity contribution in [1.29, 1.82) is 0 Å². The van der Waals surface area contributed by atoms with E-state index in [0.717, 1.165) is 19.3 Å². The second kappa shape index (κ2) is 6.94. The third kappa shape index (κ3) is 4.56. The van der Waals surface area contributed by atoms with Crippen LogP contribution >= 0.6 is 0 Å². The maximum atomic E-state index is 12.0. The van der Waals surface area contributed by atoms with Gasteiger partial charge in [-0.1, -0.05) is 46.6 Å². The van der Waals surface area contributed by atoms with Crippen LogP contribution in [0.25, 0.3) is 0 Å². The lowest BCUT2D eigenvalue weighted by Gasteiger charge is -2.39. The van der Waals surface area contributed by atoms with E-state index in [4.69, 9.17) is 4.43 Å². The Labute approximate surface area is 131 Å². The molecule has 3 heteroatoms. The van der Waals surface area contributed by atoms with Crippen molar-refractivity contribution >= 4 is 14.1 Å². The van der Waals surface area contributed by atoms with Crippen molar-refractivity contribution in [3.05, 3.63) is 12.2 Å². The van der Waals surface area contributed by atoms with E-state index < -0.39 is 8.32 Å². The van der Waals surface area contributed by atoms with Gasteiger partial charge in [0.2, 0.25) is 0 Å². The van der Waals surface area contributed by atoms with Gasteiger partial charge in [0.05, 0.1) is 12.0 Å². The lowest BCUT2D eigenvalue weighted by Crippen LogP contribution is -2.44. The molecule has 118 valence electrons. The molecule has 1 saturated carbocycles. The number of hydrogen-bond donors (Lipinski definition) is 0. The number of rotatable bonds is 4. The van der Waals surface area contributed by atoms with Gasteiger partial charge >= 0.3 is 0 Å². The summed E-state index contributed by atoms with van der Waals surface area (Å²) in [6.45, 7) is 17.2. The molecule has 1 aliphatic rings. The molecule has 0 radical (unpaired) electrons. The van der Waals surface area contributed by atoms with Crippen LogP contribution in [-0.4, -0.2) is 20.2 Å². The largest absolute Gasteiger partial charge is 0.412 e. The molecule has 1 rings (SSSR count). The molecule has 2 atom stereocenters. The molecule has 0 N–H and O–H groups in total. The van der Waals surface area contributed by atoms with Gasteiger partial charge in [0.1, 0.15) is 0 Å². The summed E-state index contributed by atoms with van der Waals surface area (Å²) in [5.74, 6) is 6.46. The van der Waals surface area contributed by atoms with Gasteiger partial charge < -0.3 is 4.43 Å². The van der Waals surface area contributed by atoms with Crippen LogP contribution in [0.5, 0.6) is 0 Å². The van der Waals surface area contributed by atoms with E-state index >= 15 is 0 Å². The molecule has 0 saturated heterocycles. The summed E-state index contributed by atoms with van der Waals surface area (Å²) in [6.07, 6.45) is 3.48.